The van der Waals surface area contributed by atoms with Gasteiger partial charge in [0.25, 0.3) is 0 Å². The van der Waals surface area contributed by atoms with Crippen LogP contribution in [0.2, 0.25) is 0 Å². The number of piperidine rings is 1. The zero-order valence-electron chi connectivity index (χ0n) is 7.96. The fourth-order valence-electron chi connectivity index (χ4n) is 1.57. The average Bonchev–Trinajstić information content (AvgIpc) is 2.16. The van der Waals surface area contributed by atoms with E-state index in [0.29, 0.717) is 13.1 Å². The summed E-state index contributed by atoms with van der Waals surface area (Å²) in [5.74, 6) is 0.0240. The molecule has 1 rings (SSSR count). The molecule has 4 nitrogen and oxygen atoms in total. The van der Waals surface area contributed by atoms with E-state index < -0.39 is 0 Å². The van der Waals surface area contributed by atoms with Gasteiger partial charge in [0.1, 0.15) is 0 Å². The predicted molar refractivity (Wildman–Crippen MR) is 50.4 cm³/mol. The summed E-state index contributed by atoms with van der Waals surface area (Å²) in [5.41, 5.74) is 0. The highest BCUT2D eigenvalue weighted by atomic mass is 16.3. The maximum atomic E-state index is 11.2. The molecule has 0 aliphatic carbocycles. The Morgan fingerprint density at radius 2 is 2.00 bits per heavy atom. The Morgan fingerprint density at radius 3 is 2.62 bits per heavy atom. The van der Waals surface area contributed by atoms with Crippen LogP contribution in [-0.4, -0.2) is 48.7 Å². The van der Waals surface area contributed by atoms with Crippen molar-refractivity contribution >= 4 is 5.91 Å². The molecular formula is C9H18N2O2. The molecule has 0 bridgehead atoms. The zero-order valence-corrected chi connectivity index (χ0v) is 7.96. The maximum Gasteiger partial charge on any atom is 0.234 e. The molecular weight excluding hydrogens is 168 g/mol. The van der Waals surface area contributed by atoms with Crippen molar-refractivity contribution in [1.82, 2.24) is 10.2 Å². The molecule has 0 radical (unpaired) electrons. The minimum atomic E-state index is 0.0196. The molecule has 1 saturated heterocycles. The minimum absolute atomic E-state index is 0.0196. The van der Waals surface area contributed by atoms with E-state index in [9.17, 15) is 4.79 Å². The second-order valence-corrected chi connectivity index (χ2v) is 3.41. The third kappa shape index (κ3) is 4.24. The summed E-state index contributed by atoms with van der Waals surface area (Å²) in [5, 5.41) is 11.1. The van der Waals surface area contributed by atoms with Crippen LogP contribution in [0.4, 0.5) is 0 Å². The maximum absolute atomic E-state index is 11.2. The van der Waals surface area contributed by atoms with Gasteiger partial charge in [-0.3, -0.25) is 9.69 Å². The largest absolute Gasteiger partial charge is 0.395 e. The molecule has 0 aromatic heterocycles. The first kappa shape index (κ1) is 10.5. The first-order chi connectivity index (χ1) is 6.33. The number of amides is 1. The Bertz CT molecular complexity index is 156. The third-order valence-electron chi connectivity index (χ3n) is 2.25. The van der Waals surface area contributed by atoms with Crippen LogP contribution in [-0.2, 0) is 4.79 Å². The number of nitrogens with one attached hydrogen (secondary N) is 1. The van der Waals surface area contributed by atoms with Crippen LogP contribution in [0, 0.1) is 0 Å². The third-order valence-corrected chi connectivity index (χ3v) is 2.25. The highest BCUT2D eigenvalue weighted by Gasteiger charge is 2.12. The van der Waals surface area contributed by atoms with Crippen molar-refractivity contribution in [2.45, 2.75) is 19.3 Å². The van der Waals surface area contributed by atoms with Gasteiger partial charge in [0, 0.05) is 6.54 Å². The van der Waals surface area contributed by atoms with Crippen LogP contribution in [0.1, 0.15) is 19.3 Å². The van der Waals surface area contributed by atoms with Crippen molar-refractivity contribution in [2.75, 3.05) is 32.8 Å². The summed E-state index contributed by atoms with van der Waals surface area (Å²) in [6, 6.07) is 0. The van der Waals surface area contributed by atoms with Gasteiger partial charge in [-0.2, -0.15) is 0 Å². The summed E-state index contributed by atoms with van der Waals surface area (Å²) in [6.07, 6.45) is 3.69. The van der Waals surface area contributed by atoms with Crippen LogP contribution in [0.15, 0.2) is 0 Å². The molecule has 1 aliphatic heterocycles. The van der Waals surface area contributed by atoms with E-state index in [1.807, 2.05) is 0 Å². The zero-order chi connectivity index (χ0) is 9.52. The van der Waals surface area contributed by atoms with Gasteiger partial charge in [-0.15, -0.1) is 0 Å². The highest BCUT2D eigenvalue weighted by molar-refractivity contribution is 5.77. The van der Waals surface area contributed by atoms with E-state index >= 15 is 0 Å². The molecule has 1 heterocycles. The lowest BCUT2D eigenvalue weighted by atomic mass is 10.1. The van der Waals surface area contributed by atoms with Gasteiger partial charge in [-0.05, 0) is 25.9 Å². The normalized spacial score (nSPS) is 18.5. The minimum Gasteiger partial charge on any atom is -0.395 e. The topological polar surface area (TPSA) is 52.6 Å². The molecule has 0 atom stereocenters. The lowest BCUT2D eigenvalue weighted by molar-refractivity contribution is -0.122. The molecule has 1 aliphatic rings. The van der Waals surface area contributed by atoms with Crippen molar-refractivity contribution in [1.29, 1.82) is 0 Å². The van der Waals surface area contributed by atoms with Crippen LogP contribution < -0.4 is 5.32 Å². The van der Waals surface area contributed by atoms with E-state index in [1.165, 1.54) is 19.3 Å². The first-order valence-corrected chi connectivity index (χ1v) is 4.93. The van der Waals surface area contributed by atoms with E-state index in [0.717, 1.165) is 13.1 Å². The predicted octanol–water partition coefficient (Wildman–Crippen LogP) is -0.419. The molecule has 4 heteroatoms. The second-order valence-electron chi connectivity index (χ2n) is 3.41. The van der Waals surface area contributed by atoms with Gasteiger partial charge < -0.3 is 10.4 Å². The Balaban J connectivity index is 2.11. The van der Waals surface area contributed by atoms with Crippen LogP contribution in [0.3, 0.4) is 0 Å². The van der Waals surface area contributed by atoms with Gasteiger partial charge in [0.15, 0.2) is 0 Å². The summed E-state index contributed by atoms with van der Waals surface area (Å²) in [6.45, 7) is 2.94. The lowest BCUT2D eigenvalue weighted by Gasteiger charge is -2.25. The van der Waals surface area contributed by atoms with Crippen LogP contribution in [0.5, 0.6) is 0 Å². The summed E-state index contributed by atoms with van der Waals surface area (Å²) in [7, 11) is 0. The van der Waals surface area contributed by atoms with E-state index in [-0.39, 0.29) is 12.5 Å². The lowest BCUT2D eigenvalue weighted by Crippen LogP contribution is -2.40. The molecule has 0 spiro atoms. The molecule has 13 heavy (non-hydrogen) atoms. The number of likely N-dealkylation sites (tertiary alicyclic amines) is 1. The smallest absolute Gasteiger partial charge is 0.234 e. The fraction of sp³-hybridized carbons (Fsp3) is 0.889. The van der Waals surface area contributed by atoms with E-state index in [1.54, 1.807) is 0 Å². The van der Waals surface area contributed by atoms with Crippen LogP contribution >= 0.6 is 0 Å². The number of rotatable bonds is 4. The Hall–Kier alpha value is -0.610. The number of nitrogens with zero attached hydrogens (tertiary/aromatic N) is 1. The van der Waals surface area contributed by atoms with Crippen molar-refractivity contribution in [3.8, 4) is 0 Å². The number of carbonyl (C=O) groups is 1. The number of aliphatic hydroxyl groups is 1. The second kappa shape index (κ2) is 5.94. The van der Waals surface area contributed by atoms with Gasteiger partial charge in [0.2, 0.25) is 5.91 Å². The SMILES string of the molecule is O=C(CN1CCCCC1)NCCO. The molecule has 0 unspecified atom stereocenters. The van der Waals surface area contributed by atoms with Crippen molar-refractivity contribution in [2.24, 2.45) is 0 Å². The average molecular weight is 186 g/mol. The molecule has 0 aromatic rings. The Morgan fingerprint density at radius 1 is 1.31 bits per heavy atom. The molecule has 1 fully saturated rings. The van der Waals surface area contributed by atoms with Gasteiger partial charge in [-0.1, -0.05) is 6.42 Å². The monoisotopic (exact) mass is 186 g/mol. The molecule has 76 valence electrons. The summed E-state index contributed by atoms with van der Waals surface area (Å²) < 4.78 is 0. The van der Waals surface area contributed by atoms with Gasteiger partial charge >= 0.3 is 0 Å². The number of aliphatic hydroxyl groups excluding tert-OH is 1. The van der Waals surface area contributed by atoms with E-state index in [4.69, 9.17) is 5.11 Å². The molecule has 2 N–H and O–H groups in total. The van der Waals surface area contributed by atoms with Gasteiger partial charge in [0.05, 0.1) is 13.2 Å². The summed E-state index contributed by atoms with van der Waals surface area (Å²) >= 11 is 0. The molecule has 0 saturated carbocycles. The molecule has 1 amide bonds. The number of carbonyl (C=O) groups excluding carboxylic acids is 1. The molecule has 0 aromatic carbocycles. The summed E-state index contributed by atoms with van der Waals surface area (Å²) in [4.78, 5) is 13.4. The highest BCUT2D eigenvalue weighted by Crippen LogP contribution is 2.07. The van der Waals surface area contributed by atoms with E-state index in [2.05, 4.69) is 10.2 Å². The number of hydrogen-bond donors (Lipinski definition) is 2. The van der Waals surface area contributed by atoms with Crippen LogP contribution in [0.25, 0.3) is 0 Å². The van der Waals surface area contributed by atoms with Crippen molar-refractivity contribution in [3.63, 3.8) is 0 Å². The van der Waals surface area contributed by atoms with Crippen molar-refractivity contribution in [3.05, 3.63) is 0 Å². The fourth-order valence-corrected chi connectivity index (χ4v) is 1.57. The van der Waals surface area contributed by atoms with Gasteiger partial charge in [-0.25, -0.2) is 0 Å². The first-order valence-electron chi connectivity index (χ1n) is 4.93. The Labute approximate surface area is 78.9 Å². The van der Waals surface area contributed by atoms with Crippen molar-refractivity contribution < 1.29 is 9.90 Å². The number of hydrogen-bond acceptors (Lipinski definition) is 3. The standard InChI is InChI=1S/C9H18N2O2/c12-7-4-10-9(13)8-11-5-2-1-3-6-11/h12H,1-8H2,(H,10,13). The Kier molecular flexibility index (Phi) is 4.78. The quantitative estimate of drug-likeness (QED) is 0.627.